The van der Waals surface area contributed by atoms with E-state index in [1.54, 1.807) is 4.68 Å². The summed E-state index contributed by atoms with van der Waals surface area (Å²) in [4.78, 5) is 13.2. The Hall–Kier alpha value is -1.40. The van der Waals surface area contributed by atoms with Crippen LogP contribution >= 0.6 is 0 Å². The van der Waals surface area contributed by atoms with E-state index in [1.807, 2.05) is 19.3 Å². The summed E-state index contributed by atoms with van der Waals surface area (Å²) < 4.78 is 1.75. The van der Waals surface area contributed by atoms with E-state index < -0.39 is 5.97 Å². The van der Waals surface area contributed by atoms with Crippen LogP contribution in [0.5, 0.6) is 0 Å². The molecule has 1 fully saturated rings. The molecule has 0 bridgehead atoms. The number of carbonyl (C=O) groups is 1. The van der Waals surface area contributed by atoms with Gasteiger partial charge in [0.25, 0.3) is 0 Å². The van der Waals surface area contributed by atoms with Crippen molar-refractivity contribution in [1.29, 1.82) is 0 Å². The lowest BCUT2D eigenvalue weighted by atomic mass is 9.84. The monoisotopic (exact) mass is 295 g/mol. The molecule has 0 aromatic carbocycles. The normalized spacial score (nSPS) is 21.3. The largest absolute Gasteiger partial charge is 0.481 e. The number of carboxylic acid groups (broad SMARTS) is 1. The summed E-state index contributed by atoms with van der Waals surface area (Å²) in [6, 6.07) is 0. The van der Waals surface area contributed by atoms with Crippen LogP contribution in [0.25, 0.3) is 0 Å². The molecular weight excluding hydrogens is 270 g/mol. The quantitative estimate of drug-likeness (QED) is 0.790. The van der Waals surface area contributed by atoms with Crippen LogP contribution in [0.1, 0.15) is 31.7 Å². The molecule has 1 saturated heterocycles. The SMILES string of the molecule is CC(CC(=O)O)C1CCCN(Cc2cnn(CCO)c2)C1. The predicted octanol–water partition coefficient (Wildman–Crippen LogP) is 1.20. The average Bonchev–Trinajstić information content (AvgIpc) is 2.86. The Balaban J connectivity index is 1.86. The van der Waals surface area contributed by atoms with Gasteiger partial charge in [0.2, 0.25) is 0 Å². The van der Waals surface area contributed by atoms with Gasteiger partial charge in [0.05, 0.1) is 19.3 Å². The first-order valence-corrected chi connectivity index (χ1v) is 7.65. The van der Waals surface area contributed by atoms with Crippen LogP contribution in [-0.2, 0) is 17.9 Å². The number of hydrogen-bond acceptors (Lipinski definition) is 4. The second-order valence-electron chi connectivity index (χ2n) is 6.05. The van der Waals surface area contributed by atoms with Gasteiger partial charge in [-0.3, -0.25) is 14.4 Å². The Kier molecular flexibility index (Phi) is 5.76. The third kappa shape index (κ3) is 4.82. The predicted molar refractivity (Wildman–Crippen MR) is 78.7 cm³/mol. The molecule has 1 aliphatic heterocycles. The molecule has 1 aromatic heterocycles. The first kappa shape index (κ1) is 16.0. The van der Waals surface area contributed by atoms with Gasteiger partial charge in [0.15, 0.2) is 0 Å². The number of likely N-dealkylation sites (tertiary alicyclic amines) is 1. The van der Waals surface area contributed by atoms with Crippen LogP contribution in [0, 0.1) is 11.8 Å². The van der Waals surface area contributed by atoms with E-state index in [1.165, 1.54) is 0 Å². The topological polar surface area (TPSA) is 78.6 Å². The van der Waals surface area contributed by atoms with E-state index in [2.05, 4.69) is 10.00 Å². The van der Waals surface area contributed by atoms with E-state index in [4.69, 9.17) is 10.2 Å². The molecule has 21 heavy (non-hydrogen) atoms. The molecule has 2 rings (SSSR count). The Morgan fingerprint density at radius 2 is 2.38 bits per heavy atom. The molecule has 2 unspecified atom stereocenters. The fourth-order valence-corrected chi connectivity index (χ4v) is 3.11. The van der Waals surface area contributed by atoms with Gasteiger partial charge in [-0.1, -0.05) is 6.92 Å². The van der Waals surface area contributed by atoms with Gasteiger partial charge in [-0.05, 0) is 31.2 Å². The molecule has 6 heteroatoms. The first-order valence-electron chi connectivity index (χ1n) is 7.65. The number of aromatic nitrogens is 2. The minimum Gasteiger partial charge on any atom is -0.481 e. The zero-order chi connectivity index (χ0) is 15.2. The van der Waals surface area contributed by atoms with Gasteiger partial charge >= 0.3 is 5.97 Å². The zero-order valence-electron chi connectivity index (χ0n) is 12.6. The molecule has 0 saturated carbocycles. The Labute approximate surface area is 125 Å². The van der Waals surface area contributed by atoms with Crippen LogP contribution in [0.4, 0.5) is 0 Å². The van der Waals surface area contributed by atoms with Crippen molar-refractivity contribution in [2.24, 2.45) is 11.8 Å². The molecule has 0 radical (unpaired) electrons. The summed E-state index contributed by atoms with van der Waals surface area (Å²) in [5.41, 5.74) is 1.15. The number of aliphatic carboxylic acids is 1. The van der Waals surface area contributed by atoms with Crippen LogP contribution in [0.15, 0.2) is 12.4 Å². The van der Waals surface area contributed by atoms with Crippen LogP contribution in [-0.4, -0.2) is 50.6 Å². The highest BCUT2D eigenvalue weighted by Crippen LogP contribution is 2.26. The maximum atomic E-state index is 10.8. The summed E-state index contributed by atoms with van der Waals surface area (Å²) in [6.45, 7) is 5.53. The fraction of sp³-hybridized carbons (Fsp3) is 0.733. The number of carboxylic acids is 1. The Morgan fingerprint density at radius 3 is 3.10 bits per heavy atom. The first-order chi connectivity index (χ1) is 10.1. The van der Waals surface area contributed by atoms with Gasteiger partial charge in [-0.15, -0.1) is 0 Å². The van der Waals surface area contributed by atoms with Crippen molar-refractivity contribution in [1.82, 2.24) is 14.7 Å². The highest BCUT2D eigenvalue weighted by Gasteiger charge is 2.26. The molecule has 6 nitrogen and oxygen atoms in total. The van der Waals surface area contributed by atoms with E-state index in [-0.39, 0.29) is 18.9 Å². The number of aliphatic hydroxyl groups is 1. The van der Waals surface area contributed by atoms with Crippen molar-refractivity contribution in [3.05, 3.63) is 18.0 Å². The maximum Gasteiger partial charge on any atom is 0.303 e. The average molecular weight is 295 g/mol. The molecule has 118 valence electrons. The van der Waals surface area contributed by atoms with E-state index in [0.29, 0.717) is 12.5 Å². The van der Waals surface area contributed by atoms with E-state index in [9.17, 15) is 4.79 Å². The number of rotatable bonds is 7. The van der Waals surface area contributed by atoms with Gasteiger partial charge in [-0.25, -0.2) is 0 Å². The second-order valence-corrected chi connectivity index (χ2v) is 6.05. The summed E-state index contributed by atoms with van der Waals surface area (Å²) in [5, 5.41) is 22.0. The van der Waals surface area contributed by atoms with E-state index >= 15 is 0 Å². The summed E-state index contributed by atoms with van der Waals surface area (Å²) in [6.07, 6.45) is 6.32. The third-order valence-electron chi connectivity index (χ3n) is 4.27. The second kappa shape index (κ2) is 7.56. The van der Waals surface area contributed by atoms with Crippen molar-refractivity contribution in [2.45, 2.75) is 39.3 Å². The zero-order valence-corrected chi connectivity index (χ0v) is 12.6. The minimum absolute atomic E-state index is 0.0968. The van der Waals surface area contributed by atoms with Crippen molar-refractivity contribution in [3.63, 3.8) is 0 Å². The van der Waals surface area contributed by atoms with Crippen molar-refractivity contribution in [3.8, 4) is 0 Å². The minimum atomic E-state index is -0.704. The smallest absolute Gasteiger partial charge is 0.303 e. The maximum absolute atomic E-state index is 10.8. The lowest BCUT2D eigenvalue weighted by molar-refractivity contribution is -0.138. The highest BCUT2D eigenvalue weighted by molar-refractivity contribution is 5.67. The van der Waals surface area contributed by atoms with Crippen LogP contribution < -0.4 is 0 Å². The van der Waals surface area contributed by atoms with Crippen molar-refractivity contribution in [2.75, 3.05) is 19.7 Å². The van der Waals surface area contributed by atoms with Crippen LogP contribution in [0.2, 0.25) is 0 Å². The number of nitrogens with zero attached hydrogens (tertiary/aromatic N) is 3. The van der Waals surface area contributed by atoms with Crippen molar-refractivity contribution < 1.29 is 15.0 Å². The lowest BCUT2D eigenvalue weighted by Gasteiger charge is -2.35. The molecule has 2 heterocycles. The fourth-order valence-electron chi connectivity index (χ4n) is 3.11. The number of piperidine rings is 1. The number of hydrogen-bond donors (Lipinski definition) is 2. The molecule has 0 aliphatic carbocycles. The molecule has 1 aromatic rings. The summed E-state index contributed by atoms with van der Waals surface area (Å²) in [7, 11) is 0. The molecule has 1 aliphatic rings. The van der Waals surface area contributed by atoms with Gasteiger partial charge in [0.1, 0.15) is 0 Å². The Bertz CT molecular complexity index is 461. The van der Waals surface area contributed by atoms with Crippen molar-refractivity contribution >= 4 is 5.97 Å². The molecule has 2 atom stereocenters. The molecule has 0 spiro atoms. The molecule has 2 N–H and O–H groups in total. The molecule has 0 amide bonds. The summed E-state index contributed by atoms with van der Waals surface area (Å²) in [5.74, 6) is -0.0188. The third-order valence-corrected chi connectivity index (χ3v) is 4.27. The van der Waals surface area contributed by atoms with Crippen LogP contribution in [0.3, 0.4) is 0 Å². The standard InChI is InChI=1S/C15H25N3O3/c1-12(7-15(20)21)14-3-2-4-17(11-14)9-13-8-16-18(10-13)5-6-19/h8,10,12,14,19H,2-7,9,11H2,1H3,(H,20,21). The lowest BCUT2D eigenvalue weighted by Crippen LogP contribution is -2.37. The van der Waals surface area contributed by atoms with Gasteiger partial charge in [0, 0.05) is 31.3 Å². The highest BCUT2D eigenvalue weighted by atomic mass is 16.4. The number of aliphatic hydroxyl groups excluding tert-OH is 1. The Morgan fingerprint density at radius 1 is 1.57 bits per heavy atom. The van der Waals surface area contributed by atoms with Gasteiger partial charge in [-0.2, -0.15) is 5.10 Å². The summed E-state index contributed by atoms with van der Waals surface area (Å²) >= 11 is 0. The van der Waals surface area contributed by atoms with Gasteiger partial charge < -0.3 is 10.2 Å². The van der Waals surface area contributed by atoms with E-state index in [0.717, 1.165) is 38.0 Å². The molecular formula is C15H25N3O3.